The first kappa shape index (κ1) is 17.5. The molecule has 0 aliphatic carbocycles. The molecule has 0 fully saturated rings. The molecule has 0 radical (unpaired) electrons. The molecule has 0 spiro atoms. The van der Waals surface area contributed by atoms with Gasteiger partial charge in [0.05, 0.1) is 5.56 Å². The van der Waals surface area contributed by atoms with Crippen LogP contribution in [0.15, 0.2) is 10.5 Å². The first-order chi connectivity index (χ1) is 10.3. The first-order valence-corrected chi connectivity index (χ1v) is 6.99. The molecule has 0 saturated heterocycles. The van der Waals surface area contributed by atoms with Crippen LogP contribution in [0.3, 0.4) is 0 Å². The number of furan rings is 1. The monoisotopic (exact) mass is 310 g/mol. The molecule has 1 aromatic rings. The number of carbonyl (C=O) groups is 3. The summed E-state index contributed by atoms with van der Waals surface area (Å²) in [7, 11) is 0. The average molecular weight is 310 g/mol. The fourth-order valence-corrected chi connectivity index (χ4v) is 1.97. The van der Waals surface area contributed by atoms with Crippen LogP contribution in [0.2, 0.25) is 0 Å². The molecule has 4 amide bonds. The van der Waals surface area contributed by atoms with Gasteiger partial charge in [-0.25, -0.2) is 4.79 Å². The van der Waals surface area contributed by atoms with Gasteiger partial charge in [-0.15, -0.1) is 0 Å². The zero-order valence-corrected chi connectivity index (χ0v) is 13.1. The highest BCUT2D eigenvalue weighted by atomic mass is 16.3. The van der Waals surface area contributed by atoms with Crippen LogP contribution >= 0.6 is 0 Å². The molecule has 0 aliphatic rings. The number of urea groups is 1. The summed E-state index contributed by atoms with van der Waals surface area (Å²) in [4.78, 5) is 35.0. The van der Waals surface area contributed by atoms with Crippen molar-refractivity contribution in [1.29, 1.82) is 0 Å². The Balaban J connectivity index is 2.68. The summed E-state index contributed by atoms with van der Waals surface area (Å²) in [5, 5.41) is 2.37. The Morgan fingerprint density at radius 3 is 2.36 bits per heavy atom. The third-order valence-corrected chi connectivity index (χ3v) is 3.38. The van der Waals surface area contributed by atoms with Crippen molar-refractivity contribution in [2.24, 2.45) is 11.7 Å². The summed E-state index contributed by atoms with van der Waals surface area (Å²) < 4.78 is 5.25. The first-order valence-electron chi connectivity index (χ1n) is 6.99. The van der Waals surface area contributed by atoms with Crippen molar-refractivity contribution >= 4 is 17.8 Å². The number of rotatable bonds is 5. The van der Waals surface area contributed by atoms with Crippen molar-refractivity contribution in [3.63, 3.8) is 0 Å². The molecule has 0 unspecified atom stereocenters. The van der Waals surface area contributed by atoms with Crippen molar-refractivity contribution in [3.8, 4) is 0 Å². The van der Waals surface area contributed by atoms with Gasteiger partial charge in [0.2, 0.25) is 0 Å². The lowest BCUT2D eigenvalue weighted by Gasteiger charge is -2.22. The van der Waals surface area contributed by atoms with Crippen LogP contribution in [-0.2, 0) is 4.79 Å². The average Bonchev–Trinajstić information content (AvgIpc) is 2.79. The second-order valence-electron chi connectivity index (χ2n) is 5.14. The Bertz CT molecular complexity index is 567. The summed E-state index contributed by atoms with van der Waals surface area (Å²) in [6.45, 7) is 7.05. The quantitative estimate of drug-likeness (QED) is 0.598. The summed E-state index contributed by atoms with van der Waals surface area (Å²) >= 11 is 0. The van der Waals surface area contributed by atoms with Crippen LogP contribution in [0.1, 0.15) is 42.1 Å². The third-order valence-electron chi connectivity index (χ3n) is 3.38. The van der Waals surface area contributed by atoms with E-state index in [9.17, 15) is 14.4 Å². The predicted octanol–water partition coefficient (Wildman–Crippen LogP) is 0.740. The highest BCUT2D eigenvalue weighted by Crippen LogP contribution is 2.13. The molecular weight excluding hydrogens is 288 g/mol. The van der Waals surface area contributed by atoms with E-state index >= 15 is 0 Å². The number of hydrazine groups is 1. The van der Waals surface area contributed by atoms with Crippen LogP contribution < -0.4 is 21.9 Å². The minimum absolute atomic E-state index is 0.137. The van der Waals surface area contributed by atoms with Crippen molar-refractivity contribution in [2.45, 2.75) is 40.2 Å². The largest absolute Gasteiger partial charge is 0.466 e. The number of hydrogen-bond acceptors (Lipinski definition) is 4. The maximum atomic E-state index is 12.1. The van der Waals surface area contributed by atoms with Crippen LogP contribution in [0, 0.1) is 19.8 Å². The number of primary amides is 1. The second kappa shape index (κ2) is 7.48. The molecule has 1 aromatic heterocycles. The minimum Gasteiger partial charge on any atom is -0.466 e. The van der Waals surface area contributed by atoms with Gasteiger partial charge in [-0.1, -0.05) is 20.3 Å². The Kier molecular flexibility index (Phi) is 5.97. The molecule has 1 heterocycles. The zero-order valence-electron chi connectivity index (χ0n) is 13.1. The van der Waals surface area contributed by atoms with E-state index in [0.29, 0.717) is 23.5 Å². The van der Waals surface area contributed by atoms with Gasteiger partial charge in [-0.05, 0) is 25.8 Å². The summed E-state index contributed by atoms with van der Waals surface area (Å²) in [6.07, 6.45) is 0.659. The summed E-state index contributed by atoms with van der Waals surface area (Å²) in [5.41, 5.74) is 9.98. The minimum atomic E-state index is -0.824. The van der Waals surface area contributed by atoms with Gasteiger partial charge in [0.1, 0.15) is 17.6 Å². The van der Waals surface area contributed by atoms with Crippen molar-refractivity contribution in [1.82, 2.24) is 16.2 Å². The molecule has 0 bridgehead atoms. The van der Waals surface area contributed by atoms with Gasteiger partial charge in [0.15, 0.2) is 0 Å². The van der Waals surface area contributed by atoms with E-state index in [4.69, 9.17) is 10.2 Å². The van der Waals surface area contributed by atoms with Gasteiger partial charge in [0, 0.05) is 0 Å². The van der Waals surface area contributed by atoms with Crippen molar-refractivity contribution in [2.75, 3.05) is 0 Å². The molecule has 2 atom stereocenters. The Labute approximate surface area is 128 Å². The number of nitrogens with one attached hydrogen (secondary N) is 3. The van der Waals surface area contributed by atoms with E-state index in [2.05, 4.69) is 16.2 Å². The van der Waals surface area contributed by atoms with Crippen LogP contribution in [0.5, 0.6) is 0 Å². The molecule has 22 heavy (non-hydrogen) atoms. The predicted molar refractivity (Wildman–Crippen MR) is 79.8 cm³/mol. The van der Waals surface area contributed by atoms with Crippen LogP contribution in [-0.4, -0.2) is 23.9 Å². The number of carbonyl (C=O) groups excluding carboxylic acids is 3. The van der Waals surface area contributed by atoms with Crippen LogP contribution in [0.4, 0.5) is 4.79 Å². The molecule has 0 saturated carbocycles. The second-order valence-corrected chi connectivity index (χ2v) is 5.14. The standard InChI is InChI=1S/C14H22N4O4/c1-5-7(2)11(16-14(15)21)13(20)18-17-12(19)10-6-8(3)22-9(10)4/h6-7,11H,5H2,1-4H3,(H,17,19)(H,18,20)(H3,15,16,21)/t7-,11-/m0/s1. The van der Waals surface area contributed by atoms with E-state index in [1.165, 1.54) is 0 Å². The molecule has 5 N–H and O–H groups in total. The maximum absolute atomic E-state index is 12.1. The van der Waals surface area contributed by atoms with E-state index < -0.39 is 23.9 Å². The molecular formula is C14H22N4O4. The number of hydrogen-bond donors (Lipinski definition) is 4. The van der Waals surface area contributed by atoms with Gasteiger partial charge in [-0.3, -0.25) is 20.4 Å². The lowest BCUT2D eigenvalue weighted by Crippen LogP contribution is -2.55. The molecule has 122 valence electrons. The van der Waals surface area contributed by atoms with Gasteiger partial charge >= 0.3 is 6.03 Å². The zero-order chi connectivity index (χ0) is 16.9. The van der Waals surface area contributed by atoms with Gasteiger partial charge in [0.25, 0.3) is 11.8 Å². The molecule has 8 heteroatoms. The summed E-state index contributed by atoms with van der Waals surface area (Å²) in [6, 6.07) is -0.0481. The van der Waals surface area contributed by atoms with Gasteiger partial charge in [-0.2, -0.15) is 0 Å². The van der Waals surface area contributed by atoms with E-state index in [-0.39, 0.29) is 5.92 Å². The van der Waals surface area contributed by atoms with Gasteiger partial charge < -0.3 is 15.5 Å². The maximum Gasteiger partial charge on any atom is 0.312 e. The Morgan fingerprint density at radius 1 is 1.27 bits per heavy atom. The highest BCUT2D eigenvalue weighted by Gasteiger charge is 2.25. The Hall–Kier alpha value is -2.51. The smallest absolute Gasteiger partial charge is 0.312 e. The number of nitrogens with two attached hydrogens (primary N) is 1. The van der Waals surface area contributed by atoms with E-state index in [0.717, 1.165) is 0 Å². The molecule has 0 aliphatic heterocycles. The highest BCUT2D eigenvalue weighted by molar-refractivity contribution is 5.97. The third kappa shape index (κ3) is 4.51. The lowest BCUT2D eigenvalue weighted by molar-refractivity contribution is -0.124. The Morgan fingerprint density at radius 2 is 1.91 bits per heavy atom. The fourth-order valence-electron chi connectivity index (χ4n) is 1.97. The van der Waals surface area contributed by atoms with E-state index in [1.54, 1.807) is 26.8 Å². The van der Waals surface area contributed by atoms with E-state index in [1.807, 2.05) is 6.92 Å². The number of aryl methyl sites for hydroxylation is 2. The fraction of sp³-hybridized carbons (Fsp3) is 0.500. The topological polar surface area (TPSA) is 126 Å². The van der Waals surface area contributed by atoms with Crippen molar-refractivity contribution in [3.05, 3.63) is 23.2 Å². The lowest BCUT2D eigenvalue weighted by atomic mass is 9.99. The molecule has 0 aromatic carbocycles. The normalized spacial score (nSPS) is 13.1. The molecule has 8 nitrogen and oxygen atoms in total. The van der Waals surface area contributed by atoms with Crippen LogP contribution in [0.25, 0.3) is 0 Å². The number of amides is 4. The summed E-state index contributed by atoms with van der Waals surface area (Å²) in [5.74, 6) is -0.119. The SMILES string of the molecule is CC[C@H](C)[C@H](NC(N)=O)C(=O)NNC(=O)c1cc(C)oc1C. The van der Waals surface area contributed by atoms with Crippen molar-refractivity contribution < 1.29 is 18.8 Å². The molecule has 1 rings (SSSR count).